The molecule has 1 aromatic carbocycles. The van der Waals surface area contributed by atoms with E-state index in [1.54, 1.807) is 6.07 Å². The van der Waals surface area contributed by atoms with E-state index in [-0.39, 0.29) is 12.1 Å². The number of fused-ring (bicyclic) bond motifs is 3. The minimum absolute atomic E-state index is 0.183. The summed E-state index contributed by atoms with van der Waals surface area (Å²) in [5.74, 6) is 0. The third-order valence-corrected chi connectivity index (χ3v) is 3.93. The maximum atomic E-state index is 12.7. The number of hydrogen-bond donors (Lipinski definition) is 1. The summed E-state index contributed by atoms with van der Waals surface area (Å²) in [6.45, 7) is 0.851. The van der Waals surface area contributed by atoms with Crippen LogP contribution >= 0.6 is 0 Å². The number of rotatable bonds is 0. The predicted molar refractivity (Wildman–Crippen MR) is 63.5 cm³/mol. The summed E-state index contributed by atoms with van der Waals surface area (Å²) in [5.41, 5.74) is 7.13. The van der Waals surface area contributed by atoms with Crippen molar-refractivity contribution in [1.82, 2.24) is 0 Å². The van der Waals surface area contributed by atoms with E-state index in [0.29, 0.717) is 6.42 Å². The molecule has 2 nitrogen and oxygen atoms in total. The highest BCUT2D eigenvalue weighted by atomic mass is 19.4. The summed E-state index contributed by atoms with van der Waals surface area (Å²) in [7, 11) is 0. The van der Waals surface area contributed by atoms with Gasteiger partial charge in [0, 0.05) is 24.3 Å². The quantitative estimate of drug-likeness (QED) is 0.773. The molecule has 98 valence electrons. The Morgan fingerprint density at radius 1 is 1.28 bits per heavy atom. The molecule has 1 fully saturated rings. The molecule has 3 rings (SSSR count). The molecular formula is C13H15F3N2. The number of alkyl halides is 3. The van der Waals surface area contributed by atoms with Crippen LogP contribution in [0.25, 0.3) is 0 Å². The summed E-state index contributed by atoms with van der Waals surface area (Å²) in [5, 5.41) is 0. The average molecular weight is 256 g/mol. The van der Waals surface area contributed by atoms with Gasteiger partial charge >= 0.3 is 6.18 Å². The maximum Gasteiger partial charge on any atom is 0.416 e. The van der Waals surface area contributed by atoms with Crippen LogP contribution in [0.4, 0.5) is 18.9 Å². The molecule has 0 aromatic heterocycles. The van der Waals surface area contributed by atoms with Crippen LogP contribution in [0.1, 0.15) is 24.0 Å². The van der Waals surface area contributed by atoms with E-state index in [1.807, 2.05) is 0 Å². The Hall–Kier alpha value is -1.23. The second-order valence-electron chi connectivity index (χ2n) is 5.18. The van der Waals surface area contributed by atoms with Crippen LogP contribution in [0.2, 0.25) is 0 Å². The smallest absolute Gasteiger partial charge is 0.368 e. The highest BCUT2D eigenvalue weighted by Gasteiger charge is 2.36. The van der Waals surface area contributed by atoms with Crippen LogP contribution in [0.5, 0.6) is 0 Å². The molecule has 0 radical (unpaired) electrons. The molecule has 2 N–H and O–H groups in total. The average Bonchev–Trinajstić information content (AvgIpc) is 2.63. The first-order chi connectivity index (χ1) is 8.45. The lowest BCUT2D eigenvalue weighted by molar-refractivity contribution is -0.137. The molecule has 5 heteroatoms. The Kier molecular flexibility index (Phi) is 2.55. The highest BCUT2D eigenvalue weighted by molar-refractivity contribution is 5.61. The van der Waals surface area contributed by atoms with E-state index in [9.17, 15) is 13.2 Å². The molecule has 2 unspecified atom stereocenters. The zero-order chi connectivity index (χ0) is 12.9. The van der Waals surface area contributed by atoms with Gasteiger partial charge in [0.2, 0.25) is 0 Å². The van der Waals surface area contributed by atoms with Gasteiger partial charge in [-0.15, -0.1) is 0 Å². The molecule has 0 spiro atoms. The van der Waals surface area contributed by atoms with Crippen molar-refractivity contribution < 1.29 is 13.2 Å². The van der Waals surface area contributed by atoms with E-state index in [0.717, 1.165) is 30.6 Å². The van der Waals surface area contributed by atoms with Crippen molar-refractivity contribution >= 4 is 5.69 Å². The van der Waals surface area contributed by atoms with Gasteiger partial charge in [0.05, 0.1) is 5.56 Å². The van der Waals surface area contributed by atoms with Crippen LogP contribution in [-0.4, -0.2) is 18.6 Å². The molecule has 2 atom stereocenters. The van der Waals surface area contributed by atoms with E-state index in [4.69, 9.17) is 5.73 Å². The van der Waals surface area contributed by atoms with E-state index in [2.05, 4.69) is 4.90 Å². The molecule has 2 aliphatic heterocycles. The first-order valence-electron chi connectivity index (χ1n) is 6.17. The first-order valence-corrected chi connectivity index (χ1v) is 6.17. The van der Waals surface area contributed by atoms with Gasteiger partial charge in [-0.05, 0) is 43.0 Å². The standard InChI is InChI=1S/C13H15F3N2/c14-13(15,16)9-1-2-12-8(5-9)6-11-7-10(17)3-4-18(11)12/h1-2,5,10-11H,3-4,6-7,17H2. The fourth-order valence-corrected chi connectivity index (χ4v) is 3.05. The number of nitrogens with two attached hydrogens (primary N) is 1. The monoisotopic (exact) mass is 256 g/mol. The third kappa shape index (κ3) is 1.86. The largest absolute Gasteiger partial charge is 0.416 e. The van der Waals surface area contributed by atoms with E-state index in [1.165, 1.54) is 12.1 Å². The third-order valence-electron chi connectivity index (χ3n) is 3.93. The molecule has 2 aliphatic rings. The van der Waals surface area contributed by atoms with Crippen molar-refractivity contribution in [3.63, 3.8) is 0 Å². The van der Waals surface area contributed by atoms with Gasteiger partial charge in [-0.3, -0.25) is 0 Å². The van der Waals surface area contributed by atoms with Crippen molar-refractivity contribution in [3.8, 4) is 0 Å². The Balaban J connectivity index is 1.93. The molecule has 2 heterocycles. The van der Waals surface area contributed by atoms with Crippen LogP contribution < -0.4 is 10.6 Å². The van der Waals surface area contributed by atoms with Crippen molar-refractivity contribution in [2.24, 2.45) is 5.73 Å². The number of piperidine rings is 1. The van der Waals surface area contributed by atoms with Crippen LogP contribution in [0, 0.1) is 0 Å². The summed E-state index contributed by atoms with van der Waals surface area (Å²) in [4.78, 5) is 2.21. The number of hydrogen-bond acceptors (Lipinski definition) is 2. The Morgan fingerprint density at radius 2 is 2.06 bits per heavy atom. The molecular weight excluding hydrogens is 241 g/mol. The lowest BCUT2D eigenvalue weighted by Gasteiger charge is -2.35. The van der Waals surface area contributed by atoms with Gasteiger partial charge in [0.15, 0.2) is 0 Å². The second kappa shape index (κ2) is 3.88. The van der Waals surface area contributed by atoms with Crippen LogP contribution in [-0.2, 0) is 12.6 Å². The normalized spacial score (nSPS) is 27.0. The van der Waals surface area contributed by atoms with Crippen LogP contribution in [0.3, 0.4) is 0 Å². The topological polar surface area (TPSA) is 29.3 Å². The highest BCUT2D eigenvalue weighted by Crippen LogP contribution is 2.40. The minimum atomic E-state index is -4.26. The summed E-state index contributed by atoms with van der Waals surface area (Å²) in [6.07, 6.45) is -1.78. The van der Waals surface area contributed by atoms with Crippen molar-refractivity contribution in [2.75, 3.05) is 11.4 Å². The van der Waals surface area contributed by atoms with Gasteiger partial charge < -0.3 is 10.6 Å². The number of nitrogens with zero attached hydrogens (tertiary/aromatic N) is 1. The van der Waals surface area contributed by atoms with Crippen molar-refractivity contribution in [2.45, 2.75) is 37.5 Å². The number of anilines is 1. The molecule has 0 bridgehead atoms. The lowest BCUT2D eigenvalue weighted by atomic mass is 9.97. The first kappa shape index (κ1) is 11.8. The fourth-order valence-electron chi connectivity index (χ4n) is 3.05. The molecule has 0 aliphatic carbocycles. The van der Waals surface area contributed by atoms with Gasteiger partial charge in [-0.1, -0.05) is 0 Å². The molecule has 0 amide bonds. The number of halogens is 3. The second-order valence-corrected chi connectivity index (χ2v) is 5.18. The summed E-state index contributed by atoms with van der Waals surface area (Å²) < 4.78 is 38.0. The summed E-state index contributed by atoms with van der Waals surface area (Å²) >= 11 is 0. The molecule has 0 saturated carbocycles. The van der Waals surface area contributed by atoms with E-state index < -0.39 is 11.7 Å². The minimum Gasteiger partial charge on any atom is -0.368 e. The summed E-state index contributed by atoms with van der Waals surface area (Å²) in [6, 6.07) is 4.54. The SMILES string of the molecule is NC1CCN2c3ccc(C(F)(F)F)cc3CC2C1. The number of benzene rings is 1. The van der Waals surface area contributed by atoms with Gasteiger partial charge in [0.25, 0.3) is 0 Å². The predicted octanol–water partition coefficient (Wildman–Crippen LogP) is 2.56. The van der Waals surface area contributed by atoms with Crippen molar-refractivity contribution in [1.29, 1.82) is 0 Å². The zero-order valence-corrected chi connectivity index (χ0v) is 9.87. The molecule has 1 saturated heterocycles. The van der Waals surface area contributed by atoms with Gasteiger partial charge in [-0.2, -0.15) is 13.2 Å². The van der Waals surface area contributed by atoms with Gasteiger partial charge in [-0.25, -0.2) is 0 Å². The lowest BCUT2D eigenvalue weighted by Crippen LogP contribution is -2.45. The molecule has 1 aromatic rings. The van der Waals surface area contributed by atoms with E-state index >= 15 is 0 Å². The fraction of sp³-hybridized carbons (Fsp3) is 0.538. The molecule has 18 heavy (non-hydrogen) atoms. The Bertz CT molecular complexity index is 470. The van der Waals surface area contributed by atoms with Crippen molar-refractivity contribution in [3.05, 3.63) is 29.3 Å². The van der Waals surface area contributed by atoms with Crippen LogP contribution in [0.15, 0.2) is 18.2 Å². The Morgan fingerprint density at radius 3 is 2.78 bits per heavy atom. The maximum absolute atomic E-state index is 12.7. The van der Waals surface area contributed by atoms with Gasteiger partial charge in [0.1, 0.15) is 0 Å². The Labute approximate surface area is 104 Å². The zero-order valence-electron chi connectivity index (χ0n) is 9.87.